The Morgan fingerprint density at radius 2 is 2.17 bits per heavy atom. The lowest BCUT2D eigenvalue weighted by atomic mass is 10.1. The van der Waals surface area contributed by atoms with Crippen molar-refractivity contribution in [1.82, 2.24) is 15.0 Å². The Morgan fingerprint density at radius 3 is 2.89 bits per heavy atom. The lowest BCUT2D eigenvalue weighted by Crippen LogP contribution is -2.10. The SMILES string of the molecule is CCCC(N)c1cn(Cc2ccccc2Br)nn1. The number of hydrogen-bond donors (Lipinski definition) is 1. The molecule has 0 fully saturated rings. The Hall–Kier alpha value is -1.20. The first-order valence-corrected chi connectivity index (χ1v) is 6.89. The first-order valence-electron chi connectivity index (χ1n) is 6.09. The Bertz CT molecular complexity index is 509. The zero-order valence-electron chi connectivity index (χ0n) is 10.4. The molecule has 0 aliphatic heterocycles. The van der Waals surface area contributed by atoms with Crippen LogP contribution in [-0.4, -0.2) is 15.0 Å². The summed E-state index contributed by atoms with van der Waals surface area (Å²) in [4.78, 5) is 0. The van der Waals surface area contributed by atoms with Gasteiger partial charge in [-0.05, 0) is 18.1 Å². The fraction of sp³-hybridized carbons (Fsp3) is 0.385. The van der Waals surface area contributed by atoms with Crippen LogP contribution in [0.2, 0.25) is 0 Å². The van der Waals surface area contributed by atoms with Gasteiger partial charge in [0.25, 0.3) is 0 Å². The maximum atomic E-state index is 6.02. The summed E-state index contributed by atoms with van der Waals surface area (Å²) in [6.45, 7) is 2.82. The van der Waals surface area contributed by atoms with Crippen molar-refractivity contribution in [3.8, 4) is 0 Å². The number of hydrogen-bond acceptors (Lipinski definition) is 3. The minimum Gasteiger partial charge on any atom is -0.323 e. The van der Waals surface area contributed by atoms with Gasteiger partial charge in [-0.3, -0.25) is 0 Å². The van der Waals surface area contributed by atoms with Crippen LogP contribution in [0.15, 0.2) is 34.9 Å². The predicted molar refractivity (Wildman–Crippen MR) is 75.1 cm³/mol. The third kappa shape index (κ3) is 3.17. The van der Waals surface area contributed by atoms with Crippen LogP contribution >= 0.6 is 15.9 Å². The summed E-state index contributed by atoms with van der Waals surface area (Å²) in [5.41, 5.74) is 8.06. The molecule has 0 amide bonds. The van der Waals surface area contributed by atoms with Gasteiger partial charge >= 0.3 is 0 Å². The molecule has 4 nitrogen and oxygen atoms in total. The van der Waals surface area contributed by atoms with Crippen molar-refractivity contribution >= 4 is 15.9 Å². The first kappa shape index (κ1) is 13.2. The van der Waals surface area contributed by atoms with E-state index in [0.717, 1.165) is 23.0 Å². The van der Waals surface area contributed by atoms with Gasteiger partial charge in [0.1, 0.15) is 0 Å². The molecule has 0 bridgehead atoms. The Morgan fingerprint density at radius 1 is 1.39 bits per heavy atom. The molecule has 1 aromatic carbocycles. The molecule has 2 rings (SSSR count). The van der Waals surface area contributed by atoms with Gasteiger partial charge in [-0.1, -0.05) is 52.7 Å². The van der Waals surface area contributed by atoms with Gasteiger partial charge in [0, 0.05) is 4.47 Å². The second-order valence-electron chi connectivity index (χ2n) is 4.33. The zero-order valence-corrected chi connectivity index (χ0v) is 12.0. The van der Waals surface area contributed by atoms with Gasteiger partial charge in [-0.2, -0.15) is 0 Å². The number of aromatic nitrogens is 3. The van der Waals surface area contributed by atoms with E-state index in [1.165, 1.54) is 5.56 Å². The van der Waals surface area contributed by atoms with Crippen LogP contribution < -0.4 is 5.73 Å². The quantitative estimate of drug-likeness (QED) is 0.924. The van der Waals surface area contributed by atoms with Crippen molar-refractivity contribution in [2.45, 2.75) is 32.4 Å². The summed E-state index contributed by atoms with van der Waals surface area (Å²) in [5.74, 6) is 0. The maximum Gasteiger partial charge on any atom is 0.0994 e. The smallest absolute Gasteiger partial charge is 0.0994 e. The fourth-order valence-electron chi connectivity index (χ4n) is 1.82. The minimum atomic E-state index is -0.0111. The van der Waals surface area contributed by atoms with Crippen molar-refractivity contribution in [3.63, 3.8) is 0 Å². The third-order valence-electron chi connectivity index (χ3n) is 2.83. The molecular weight excluding hydrogens is 292 g/mol. The molecule has 1 unspecified atom stereocenters. The van der Waals surface area contributed by atoms with Crippen molar-refractivity contribution < 1.29 is 0 Å². The summed E-state index contributed by atoms with van der Waals surface area (Å²) in [6, 6.07) is 8.09. The fourth-order valence-corrected chi connectivity index (χ4v) is 2.23. The lowest BCUT2D eigenvalue weighted by molar-refractivity contribution is 0.617. The van der Waals surface area contributed by atoms with Crippen LogP contribution in [0.3, 0.4) is 0 Å². The summed E-state index contributed by atoms with van der Waals surface area (Å²) in [7, 11) is 0. The Kier molecular flexibility index (Phi) is 4.49. The largest absolute Gasteiger partial charge is 0.323 e. The highest BCUT2D eigenvalue weighted by molar-refractivity contribution is 9.10. The monoisotopic (exact) mass is 308 g/mol. The molecule has 18 heavy (non-hydrogen) atoms. The van der Waals surface area contributed by atoms with Crippen molar-refractivity contribution in [2.24, 2.45) is 5.73 Å². The molecule has 96 valence electrons. The number of benzene rings is 1. The molecule has 2 aromatic rings. The van der Waals surface area contributed by atoms with Crippen LogP contribution in [0.1, 0.15) is 37.1 Å². The Balaban J connectivity index is 2.09. The molecule has 0 spiro atoms. The van der Waals surface area contributed by atoms with E-state index >= 15 is 0 Å². The summed E-state index contributed by atoms with van der Waals surface area (Å²) >= 11 is 3.53. The summed E-state index contributed by atoms with van der Waals surface area (Å²) < 4.78 is 2.91. The van der Waals surface area contributed by atoms with Gasteiger partial charge in [-0.15, -0.1) is 5.10 Å². The van der Waals surface area contributed by atoms with Crippen LogP contribution in [0, 0.1) is 0 Å². The van der Waals surface area contributed by atoms with E-state index in [-0.39, 0.29) is 6.04 Å². The third-order valence-corrected chi connectivity index (χ3v) is 3.60. The molecule has 1 aromatic heterocycles. The van der Waals surface area contributed by atoms with Crippen LogP contribution in [0.5, 0.6) is 0 Å². The summed E-state index contributed by atoms with van der Waals surface area (Å²) in [6.07, 6.45) is 3.92. The van der Waals surface area contributed by atoms with E-state index in [0.29, 0.717) is 6.54 Å². The number of nitrogens with zero attached hydrogens (tertiary/aromatic N) is 3. The van der Waals surface area contributed by atoms with Crippen molar-refractivity contribution in [3.05, 3.63) is 46.2 Å². The minimum absolute atomic E-state index is 0.0111. The lowest BCUT2D eigenvalue weighted by Gasteiger charge is -2.05. The van der Waals surface area contributed by atoms with E-state index in [1.807, 2.05) is 29.1 Å². The van der Waals surface area contributed by atoms with Gasteiger partial charge < -0.3 is 5.73 Å². The molecule has 1 atom stereocenters. The number of halogens is 1. The van der Waals surface area contributed by atoms with E-state index in [4.69, 9.17) is 5.73 Å². The highest BCUT2D eigenvalue weighted by Gasteiger charge is 2.10. The molecule has 1 heterocycles. The standard InChI is InChI=1S/C13H17BrN4/c1-2-5-12(15)13-9-18(17-16-13)8-10-6-3-4-7-11(10)14/h3-4,6-7,9,12H,2,5,8,15H2,1H3. The van der Waals surface area contributed by atoms with Crippen LogP contribution in [-0.2, 0) is 6.54 Å². The molecule has 0 radical (unpaired) electrons. The molecule has 5 heteroatoms. The average Bonchev–Trinajstić information content (AvgIpc) is 2.81. The van der Waals surface area contributed by atoms with E-state index in [1.54, 1.807) is 0 Å². The average molecular weight is 309 g/mol. The molecule has 0 aliphatic carbocycles. The van der Waals surface area contributed by atoms with Crippen LogP contribution in [0.25, 0.3) is 0 Å². The second kappa shape index (κ2) is 6.11. The maximum absolute atomic E-state index is 6.02. The van der Waals surface area contributed by atoms with Gasteiger partial charge in [0.2, 0.25) is 0 Å². The van der Waals surface area contributed by atoms with E-state index in [9.17, 15) is 0 Å². The second-order valence-corrected chi connectivity index (χ2v) is 5.18. The van der Waals surface area contributed by atoms with Crippen LogP contribution in [0.4, 0.5) is 0 Å². The van der Waals surface area contributed by atoms with Gasteiger partial charge in [-0.25, -0.2) is 4.68 Å². The van der Waals surface area contributed by atoms with Gasteiger partial charge in [0.15, 0.2) is 0 Å². The predicted octanol–water partition coefficient (Wildman–Crippen LogP) is 2.89. The Labute approximate surface area is 115 Å². The number of rotatable bonds is 5. The van der Waals surface area contributed by atoms with E-state index in [2.05, 4.69) is 39.2 Å². The first-order chi connectivity index (χ1) is 8.70. The normalized spacial score (nSPS) is 12.6. The van der Waals surface area contributed by atoms with Crippen molar-refractivity contribution in [1.29, 1.82) is 0 Å². The zero-order chi connectivity index (χ0) is 13.0. The highest BCUT2D eigenvalue weighted by Crippen LogP contribution is 2.17. The highest BCUT2D eigenvalue weighted by atomic mass is 79.9. The molecule has 0 saturated heterocycles. The van der Waals surface area contributed by atoms with Gasteiger partial charge in [0.05, 0.1) is 24.5 Å². The molecule has 2 N–H and O–H groups in total. The summed E-state index contributed by atoms with van der Waals surface area (Å²) in [5, 5.41) is 8.25. The molecule has 0 aliphatic rings. The topological polar surface area (TPSA) is 56.7 Å². The van der Waals surface area contributed by atoms with Crippen molar-refractivity contribution in [2.75, 3.05) is 0 Å². The van der Waals surface area contributed by atoms with E-state index < -0.39 is 0 Å². The number of nitrogens with two attached hydrogens (primary N) is 1. The molecule has 0 saturated carbocycles. The molecular formula is C13H17BrN4.